The van der Waals surface area contributed by atoms with E-state index < -0.39 is 28.8 Å². The minimum atomic E-state index is -4.60. The maximum absolute atomic E-state index is 15.0. The Labute approximate surface area is 217 Å². The Morgan fingerprint density at radius 2 is 1.71 bits per heavy atom. The Bertz CT molecular complexity index is 1380. The van der Waals surface area contributed by atoms with Gasteiger partial charge in [-0.15, -0.1) is 11.3 Å². The summed E-state index contributed by atoms with van der Waals surface area (Å²) in [5.74, 6) is -2.65. The number of nitrogens with zero attached hydrogens (tertiary/aromatic N) is 5. The predicted octanol–water partition coefficient (Wildman–Crippen LogP) is 3.03. The van der Waals surface area contributed by atoms with Crippen molar-refractivity contribution in [2.75, 3.05) is 45.8 Å². The van der Waals surface area contributed by atoms with Crippen LogP contribution in [0.3, 0.4) is 0 Å². The molecule has 14 heteroatoms. The van der Waals surface area contributed by atoms with Crippen LogP contribution in [-0.4, -0.2) is 87.0 Å². The Morgan fingerprint density at radius 3 is 2.34 bits per heavy atom. The van der Waals surface area contributed by atoms with Crippen molar-refractivity contribution in [1.29, 1.82) is 0 Å². The zero-order chi connectivity index (χ0) is 27.2. The van der Waals surface area contributed by atoms with Gasteiger partial charge in [-0.25, -0.2) is 13.8 Å². The first-order valence-electron chi connectivity index (χ1n) is 11.9. The van der Waals surface area contributed by atoms with Gasteiger partial charge in [0, 0.05) is 60.9 Å². The normalized spacial score (nSPS) is 17.2. The van der Waals surface area contributed by atoms with Gasteiger partial charge in [0.05, 0.1) is 31.7 Å². The summed E-state index contributed by atoms with van der Waals surface area (Å²) in [5.41, 5.74) is 1.31. The molecule has 0 atom stereocenters. The average Bonchev–Trinajstić information content (AvgIpc) is 3.43. The van der Waals surface area contributed by atoms with Crippen molar-refractivity contribution >= 4 is 34.1 Å². The minimum Gasteiger partial charge on any atom is -0.480 e. The standard InChI is InChI=1S/C24H24F5N5O3S/c25-14-7-17-16-1-2-33(20(35)12-31-3-5-32(6-4-31)13-21(36)37)11-19(16)34(22(17)18(26)8-14)10-15-9-30-23(38-15)24(27,28)29/h7-9H,1-6,10-13H2,(H,36,37). The molecule has 1 fully saturated rings. The van der Waals surface area contributed by atoms with Crippen LogP contribution in [0.1, 0.15) is 21.1 Å². The molecule has 3 aromatic rings. The Balaban J connectivity index is 1.38. The SMILES string of the molecule is O=C(O)CN1CCN(CC(=O)N2CCc3c(n(Cc4cnc(C(F)(F)F)s4)c4c(F)cc(F)cc34)C2)CC1. The van der Waals surface area contributed by atoms with Crippen LogP contribution >= 0.6 is 11.3 Å². The van der Waals surface area contributed by atoms with Crippen LogP contribution in [0.15, 0.2) is 18.3 Å². The zero-order valence-electron chi connectivity index (χ0n) is 20.1. The maximum atomic E-state index is 15.0. The van der Waals surface area contributed by atoms with E-state index in [4.69, 9.17) is 5.11 Å². The summed E-state index contributed by atoms with van der Waals surface area (Å²) in [6, 6.07) is 1.96. The number of aromatic nitrogens is 2. The number of piperazine rings is 1. The van der Waals surface area contributed by atoms with Crippen molar-refractivity contribution in [3.05, 3.63) is 51.1 Å². The minimum absolute atomic E-state index is 0.0530. The van der Waals surface area contributed by atoms with Crippen LogP contribution in [0.5, 0.6) is 0 Å². The molecule has 0 unspecified atom stereocenters. The monoisotopic (exact) mass is 557 g/mol. The number of halogens is 5. The quantitative estimate of drug-likeness (QED) is 0.470. The third-order valence-corrected chi connectivity index (χ3v) is 7.94. The summed E-state index contributed by atoms with van der Waals surface area (Å²) < 4.78 is 69.9. The second-order valence-electron chi connectivity index (χ2n) is 9.44. The van der Waals surface area contributed by atoms with E-state index in [2.05, 4.69) is 4.98 Å². The third kappa shape index (κ3) is 5.38. The number of carboxylic acids is 1. The van der Waals surface area contributed by atoms with Crippen LogP contribution in [0.4, 0.5) is 22.0 Å². The molecule has 8 nitrogen and oxygen atoms in total. The summed E-state index contributed by atoms with van der Waals surface area (Å²) in [6.07, 6.45) is -3.16. The van der Waals surface area contributed by atoms with Gasteiger partial charge in [0.25, 0.3) is 0 Å². The highest BCUT2D eigenvalue weighted by Gasteiger charge is 2.35. The number of aliphatic carboxylic acids is 1. The van der Waals surface area contributed by atoms with Crippen molar-refractivity contribution < 1.29 is 36.6 Å². The average molecular weight is 558 g/mol. The number of carboxylic acid groups (broad SMARTS) is 1. The lowest BCUT2D eigenvalue weighted by Gasteiger charge is -2.35. The Morgan fingerprint density at radius 1 is 1.03 bits per heavy atom. The fraction of sp³-hybridized carbons (Fsp3) is 0.458. The van der Waals surface area contributed by atoms with E-state index in [9.17, 15) is 31.5 Å². The van der Waals surface area contributed by atoms with Crippen molar-refractivity contribution in [3.63, 3.8) is 0 Å². The molecule has 2 aliphatic rings. The molecule has 1 amide bonds. The fourth-order valence-electron chi connectivity index (χ4n) is 5.13. The molecular formula is C24H24F5N5O3S. The first-order chi connectivity index (χ1) is 18.0. The van der Waals surface area contributed by atoms with Crippen molar-refractivity contribution in [3.8, 4) is 0 Å². The summed E-state index contributed by atoms with van der Waals surface area (Å²) >= 11 is 0.459. The highest BCUT2D eigenvalue weighted by atomic mass is 32.1. The van der Waals surface area contributed by atoms with Gasteiger partial charge in [0.1, 0.15) is 11.6 Å². The maximum Gasteiger partial charge on any atom is 0.443 e. The lowest BCUT2D eigenvalue weighted by atomic mass is 10.0. The van der Waals surface area contributed by atoms with Crippen LogP contribution < -0.4 is 0 Å². The number of amides is 1. The predicted molar refractivity (Wildman–Crippen MR) is 128 cm³/mol. The van der Waals surface area contributed by atoms with E-state index in [0.29, 0.717) is 67.1 Å². The molecule has 0 saturated carbocycles. The smallest absolute Gasteiger partial charge is 0.443 e. The van der Waals surface area contributed by atoms with Gasteiger partial charge < -0.3 is 14.6 Å². The van der Waals surface area contributed by atoms with Gasteiger partial charge in [0.2, 0.25) is 5.91 Å². The first-order valence-corrected chi connectivity index (χ1v) is 12.8. The van der Waals surface area contributed by atoms with E-state index in [-0.39, 0.29) is 42.5 Å². The highest BCUT2D eigenvalue weighted by molar-refractivity contribution is 7.11. The molecule has 0 radical (unpaired) electrons. The summed E-state index contributed by atoms with van der Waals surface area (Å²) in [7, 11) is 0. The number of fused-ring (bicyclic) bond motifs is 3. The van der Waals surface area contributed by atoms with E-state index in [1.807, 2.05) is 4.90 Å². The largest absolute Gasteiger partial charge is 0.480 e. The number of carbonyl (C=O) groups is 2. The number of carbonyl (C=O) groups excluding carboxylic acids is 1. The highest BCUT2D eigenvalue weighted by Crippen LogP contribution is 2.36. The van der Waals surface area contributed by atoms with E-state index in [1.54, 1.807) is 9.80 Å². The molecular weight excluding hydrogens is 533 g/mol. The number of thiazole rings is 1. The molecule has 2 aromatic heterocycles. The molecule has 0 spiro atoms. The third-order valence-electron chi connectivity index (χ3n) is 6.92. The number of rotatable bonds is 6. The molecule has 1 N–H and O–H groups in total. The van der Waals surface area contributed by atoms with Gasteiger partial charge in [0.15, 0.2) is 5.01 Å². The second-order valence-corrected chi connectivity index (χ2v) is 10.6. The van der Waals surface area contributed by atoms with Gasteiger partial charge in [-0.1, -0.05) is 0 Å². The van der Waals surface area contributed by atoms with Gasteiger partial charge in [-0.2, -0.15) is 13.2 Å². The summed E-state index contributed by atoms with van der Waals surface area (Å²) in [4.78, 5) is 33.1. The number of hydrogen-bond acceptors (Lipinski definition) is 6. The molecule has 38 heavy (non-hydrogen) atoms. The van der Waals surface area contributed by atoms with Gasteiger partial charge in [-0.3, -0.25) is 19.4 Å². The van der Waals surface area contributed by atoms with E-state index in [1.165, 1.54) is 10.6 Å². The molecule has 1 saturated heterocycles. The topological polar surface area (TPSA) is 81.9 Å². The first kappa shape index (κ1) is 26.5. The van der Waals surface area contributed by atoms with Crippen molar-refractivity contribution in [2.45, 2.75) is 25.7 Å². The fourth-order valence-corrected chi connectivity index (χ4v) is 5.90. The molecule has 0 bridgehead atoms. The number of hydrogen-bond donors (Lipinski definition) is 1. The molecule has 5 rings (SSSR count). The second kappa shape index (κ2) is 10.2. The van der Waals surface area contributed by atoms with Crippen LogP contribution in [0, 0.1) is 11.6 Å². The van der Waals surface area contributed by atoms with E-state index in [0.717, 1.165) is 12.3 Å². The molecule has 204 valence electrons. The van der Waals surface area contributed by atoms with E-state index >= 15 is 0 Å². The van der Waals surface area contributed by atoms with Crippen LogP contribution in [0.2, 0.25) is 0 Å². The zero-order valence-corrected chi connectivity index (χ0v) is 20.9. The molecule has 4 heterocycles. The lowest BCUT2D eigenvalue weighted by molar-refractivity contribution is -0.139. The van der Waals surface area contributed by atoms with Crippen LogP contribution in [0.25, 0.3) is 10.9 Å². The number of alkyl halides is 3. The molecule has 0 aliphatic carbocycles. The van der Waals surface area contributed by atoms with Crippen molar-refractivity contribution in [1.82, 2.24) is 24.3 Å². The lowest BCUT2D eigenvalue weighted by Crippen LogP contribution is -2.51. The van der Waals surface area contributed by atoms with Gasteiger partial charge in [-0.05, 0) is 18.1 Å². The Kier molecular flexibility index (Phi) is 7.13. The summed E-state index contributed by atoms with van der Waals surface area (Å²) in [5, 5.41) is 8.29. The van der Waals surface area contributed by atoms with Crippen LogP contribution in [-0.2, 0) is 35.3 Å². The summed E-state index contributed by atoms with van der Waals surface area (Å²) in [6.45, 7) is 2.54. The number of benzene rings is 1. The molecule has 2 aliphatic heterocycles. The van der Waals surface area contributed by atoms with Crippen molar-refractivity contribution in [2.24, 2.45) is 0 Å². The van der Waals surface area contributed by atoms with Gasteiger partial charge >= 0.3 is 12.1 Å². The molecule has 1 aromatic carbocycles. The Hall–Kier alpha value is -3.10.